The SMILES string of the molecule is CCCCCNC(=S)NNC(=O)c1cc2c(C)nn(-c3ccc(F)cc3)c2s1. The molecule has 0 aliphatic carbocycles. The molecule has 0 bridgehead atoms. The molecule has 0 atom stereocenters. The highest BCUT2D eigenvalue weighted by Crippen LogP contribution is 2.30. The van der Waals surface area contributed by atoms with Crippen molar-refractivity contribution >= 4 is 44.8 Å². The number of aromatic nitrogens is 2. The molecule has 0 saturated carbocycles. The van der Waals surface area contributed by atoms with Crippen LogP contribution in [0.1, 0.15) is 41.6 Å². The van der Waals surface area contributed by atoms with Gasteiger partial charge in [0.2, 0.25) is 0 Å². The van der Waals surface area contributed by atoms with Crippen molar-refractivity contribution in [1.29, 1.82) is 0 Å². The molecule has 148 valence electrons. The smallest absolute Gasteiger partial charge is 0.279 e. The predicted octanol–water partition coefficient (Wildman–Crippen LogP) is 3.83. The van der Waals surface area contributed by atoms with E-state index in [2.05, 4.69) is 28.2 Å². The molecule has 1 amide bonds. The zero-order valence-electron chi connectivity index (χ0n) is 15.7. The normalized spacial score (nSPS) is 10.8. The van der Waals surface area contributed by atoms with Gasteiger partial charge in [-0.25, -0.2) is 9.07 Å². The molecule has 2 heterocycles. The van der Waals surface area contributed by atoms with Crippen LogP contribution < -0.4 is 16.2 Å². The van der Waals surface area contributed by atoms with E-state index < -0.39 is 0 Å². The summed E-state index contributed by atoms with van der Waals surface area (Å²) < 4.78 is 14.9. The molecule has 0 saturated heterocycles. The third-order valence-corrected chi connectivity index (χ3v) is 5.55. The van der Waals surface area contributed by atoms with Gasteiger partial charge in [0, 0.05) is 11.9 Å². The van der Waals surface area contributed by atoms with Crippen molar-refractivity contribution in [1.82, 2.24) is 25.9 Å². The number of rotatable bonds is 6. The number of amides is 1. The highest BCUT2D eigenvalue weighted by molar-refractivity contribution is 7.80. The van der Waals surface area contributed by atoms with Gasteiger partial charge in [-0.2, -0.15) is 5.10 Å². The molecule has 0 spiro atoms. The van der Waals surface area contributed by atoms with E-state index in [4.69, 9.17) is 12.2 Å². The Morgan fingerprint density at radius 3 is 2.71 bits per heavy atom. The molecule has 28 heavy (non-hydrogen) atoms. The number of carbonyl (C=O) groups excluding carboxylic acids is 1. The van der Waals surface area contributed by atoms with Gasteiger partial charge in [-0.1, -0.05) is 19.8 Å². The average Bonchev–Trinajstić information content (AvgIpc) is 3.25. The number of hydrazine groups is 1. The monoisotopic (exact) mass is 419 g/mol. The zero-order valence-corrected chi connectivity index (χ0v) is 17.3. The van der Waals surface area contributed by atoms with Crippen molar-refractivity contribution in [3.8, 4) is 5.69 Å². The average molecular weight is 420 g/mol. The van der Waals surface area contributed by atoms with Gasteiger partial charge >= 0.3 is 0 Å². The minimum atomic E-state index is -0.305. The summed E-state index contributed by atoms with van der Waals surface area (Å²) in [5.74, 6) is -0.579. The highest BCUT2D eigenvalue weighted by Gasteiger charge is 2.17. The van der Waals surface area contributed by atoms with E-state index in [1.807, 2.05) is 6.92 Å². The Labute approximate surface area is 172 Å². The summed E-state index contributed by atoms with van der Waals surface area (Å²) >= 11 is 6.48. The van der Waals surface area contributed by atoms with Gasteiger partial charge < -0.3 is 5.32 Å². The lowest BCUT2D eigenvalue weighted by Gasteiger charge is -2.10. The van der Waals surface area contributed by atoms with E-state index in [9.17, 15) is 9.18 Å². The summed E-state index contributed by atoms with van der Waals surface area (Å²) in [6.07, 6.45) is 3.30. The lowest BCUT2D eigenvalue weighted by Crippen LogP contribution is -2.46. The number of nitrogens with one attached hydrogen (secondary N) is 3. The first-order valence-electron chi connectivity index (χ1n) is 9.09. The summed E-state index contributed by atoms with van der Waals surface area (Å²) in [6, 6.07) is 7.89. The molecule has 3 rings (SSSR count). The van der Waals surface area contributed by atoms with Crippen molar-refractivity contribution in [2.75, 3.05) is 6.54 Å². The number of benzene rings is 1. The molecule has 2 aromatic heterocycles. The Morgan fingerprint density at radius 1 is 1.25 bits per heavy atom. The van der Waals surface area contributed by atoms with Crippen LogP contribution in [-0.2, 0) is 0 Å². The number of fused-ring (bicyclic) bond motifs is 1. The highest BCUT2D eigenvalue weighted by atomic mass is 32.1. The second-order valence-electron chi connectivity index (χ2n) is 6.35. The number of nitrogens with zero attached hydrogens (tertiary/aromatic N) is 2. The molecule has 0 unspecified atom stereocenters. The first-order valence-corrected chi connectivity index (χ1v) is 10.3. The maximum absolute atomic E-state index is 13.2. The van der Waals surface area contributed by atoms with Crippen LogP contribution in [-0.4, -0.2) is 27.3 Å². The summed E-state index contributed by atoms with van der Waals surface area (Å²) in [5.41, 5.74) is 6.88. The minimum Gasteiger partial charge on any atom is -0.361 e. The van der Waals surface area contributed by atoms with Gasteiger partial charge in [0.05, 0.1) is 16.3 Å². The standard InChI is InChI=1S/C19H22FN5OS2/c1-3-4-5-10-21-19(27)23-22-17(26)16-11-15-12(2)24-25(18(15)28-16)14-8-6-13(20)7-9-14/h6-9,11H,3-5,10H2,1-2H3,(H,22,26)(H2,21,23,27). The molecule has 1 aromatic carbocycles. The summed E-state index contributed by atoms with van der Waals surface area (Å²) in [6.45, 7) is 4.79. The van der Waals surface area contributed by atoms with Crippen molar-refractivity contribution in [3.05, 3.63) is 46.7 Å². The quantitative estimate of drug-likeness (QED) is 0.322. The number of thiophene rings is 1. The topological polar surface area (TPSA) is 71.0 Å². The molecular weight excluding hydrogens is 397 g/mol. The van der Waals surface area contributed by atoms with Gasteiger partial charge in [0.25, 0.3) is 5.91 Å². The second kappa shape index (κ2) is 9.11. The van der Waals surface area contributed by atoms with E-state index in [0.29, 0.717) is 9.99 Å². The fourth-order valence-electron chi connectivity index (χ4n) is 2.71. The number of hydrogen-bond donors (Lipinski definition) is 3. The maximum Gasteiger partial charge on any atom is 0.279 e. The Hall–Kier alpha value is -2.52. The van der Waals surface area contributed by atoms with Crippen molar-refractivity contribution in [2.24, 2.45) is 0 Å². The van der Waals surface area contributed by atoms with Crippen LogP contribution in [0.5, 0.6) is 0 Å². The number of aryl methyl sites for hydroxylation is 1. The summed E-state index contributed by atoms with van der Waals surface area (Å²) in [4.78, 5) is 13.8. The molecule has 0 aliphatic heterocycles. The Morgan fingerprint density at radius 2 is 2.00 bits per heavy atom. The molecule has 0 aliphatic rings. The van der Waals surface area contributed by atoms with Crippen molar-refractivity contribution in [2.45, 2.75) is 33.1 Å². The van der Waals surface area contributed by atoms with E-state index in [0.717, 1.165) is 47.4 Å². The van der Waals surface area contributed by atoms with Crippen LogP contribution in [0.3, 0.4) is 0 Å². The van der Waals surface area contributed by atoms with Crippen LogP contribution in [0.25, 0.3) is 15.9 Å². The predicted molar refractivity (Wildman–Crippen MR) is 114 cm³/mol. The zero-order chi connectivity index (χ0) is 20.1. The Bertz CT molecular complexity index is 980. The second-order valence-corrected chi connectivity index (χ2v) is 7.78. The Kier molecular flexibility index (Phi) is 6.58. The van der Waals surface area contributed by atoms with E-state index >= 15 is 0 Å². The summed E-state index contributed by atoms with van der Waals surface area (Å²) in [5, 5.41) is 8.83. The molecular formula is C19H22FN5OS2. The fraction of sp³-hybridized carbons (Fsp3) is 0.316. The molecule has 0 radical (unpaired) electrons. The molecule has 6 nitrogen and oxygen atoms in total. The number of halogens is 1. The largest absolute Gasteiger partial charge is 0.361 e. The first-order chi connectivity index (χ1) is 13.5. The van der Waals surface area contributed by atoms with Crippen molar-refractivity contribution in [3.63, 3.8) is 0 Å². The van der Waals surface area contributed by atoms with Crippen LogP contribution in [0.4, 0.5) is 4.39 Å². The van der Waals surface area contributed by atoms with Crippen molar-refractivity contribution < 1.29 is 9.18 Å². The summed E-state index contributed by atoms with van der Waals surface area (Å²) in [7, 11) is 0. The maximum atomic E-state index is 13.2. The van der Waals surface area contributed by atoms with E-state index in [1.54, 1.807) is 22.9 Å². The van der Waals surface area contributed by atoms with E-state index in [1.165, 1.54) is 23.5 Å². The van der Waals surface area contributed by atoms with Gasteiger partial charge in [-0.15, -0.1) is 11.3 Å². The van der Waals surface area contributed by atoms with Crippen LogP contribution in [0.2, 0.25) is 0 Å². The lowest BCUT2D eigenvalue weighted by molar-refractivity contribution is 0.0948. The number of thiocarbonyl (C=S) groups is 1. The van der Waals surface area contributed by atoms with Gasteiger partial charge in [-0.3, -0.25) is 15.6 Å². The van der Waals surface area contributed by atoms with E-state index in [-0.39, 0.29) is 11.7 Å². The minimum absolute atomic E-state index is 0.274. The lowest BCUT2D eigenvalue weighted by atomic mass is 10.2. The Balaban J connectivity index is 1.68. The van der Waals surface area contributed by atoms with Crippen LogP contribution >= 0.6 is 23.6 Å². The number of unbranched alkanes of at least 4 members (excludes halogenated alkanes) is 2. The van der Waals surface area contributed by atoms with Crippen LogP contribution in [0, 0.1) is 12.7 Å². The van der Waals surface area contributed by atoms with Gasteiger partial charge in [0.1, 0.15) is 10.6 Å². The van der Waals surface area contributed by atoms with Gasteiger partial charge in [-0.05, 0) is 55.9 Å². The third-order valence-electron chi connectivity index (χ3n) is 4.20. The van der Waals surface area contributed by atoms with Crippen LogP contribution in [0.15, 0.2) is 30.3 Å². The fourth-order valence-corrected chi connectivity index (χ4v) is 3.94. The molecule has 9 heteroatoms. The number of carbonyl (C=O) groups is 1. The molecule has 3 aromatic rings. The molecule has 0 fully saturated rings. The number of hydrogen-bond acceptors (Lipinski definition) is 4. The molecule has 3 N–H and O–H groups in total. The van der Waals surface area contributed by atoms with Gasteiger partial charge in [0.15, 0.2) is 5.11 Å². The first kappa shape index (κ1) is 20.2. The third kappa shape index (κ3) is 4.66.